The summed E-state index contributed by atoms with van der Waals surface area (Å²) in [7, 11) is 0. The average molecular weight is 359 g/mol. The summed E-state index contributed by atoms with van der Waals surface area (Å²) in [5.41, 5.74) is 6.93. The summed E-state index contributed by atoms with van der Waals surface area (Å²) in [5, 5.41) is 0.294. The van der Waals surface area contributed by atoms with E-state index in [-0.39, 0.29) is 12.4 Å². The van der Waals surface area contributed by atoms with Crippen LogP contribution in [0.15, 0.2) is 40.9 Å². The number of hydrogen-bond acceptors (Lipinski definition) is 3. The molecule has 2 aromatic carbocycles. The third-order valence-electron chi connectivity index (χ3n) is 2.61. The number of halogens is 3. The Balaban J connectivity index is 2.06. The highest BCUT2D eigenvalue weighted by Gasteiger charge is 2.10. The highest BCUT2D eigenvalue weighted by molar-refractivity contribution is 9.10. The lowest BCUT2D eigenvalue weighted by atomic mass is 10.2. The summed E-state index contributed by atoms with van der Waals surface area (Å²) in [6, 6.07) is 8.66. The van der Waals surface area contributed by atoms with Crippen molar-refractivity contribution in [3.05, 3.63) is 62.8 Å². The summed E-state index contributed by atoms with van der Waals surface area (Å²) in [6.45, 7) is 0.0295. The Bertz CT molecular complexity index is 664. The average Bonchev–Trinajstić information content (AvgIpc) is 2.40. The van der Waals surface area contributed by atoms with Gasteiger partial charge in [0.1, 0.15) is 12.4 Å². The first-order valence-electron chi connectivity index (χ1n) is 5.63. The van der Waals surface area contributed by atoms with Gasteiger partial charge in [-0.1, -0.05) is 33.6 Å². The van der Waals surface area contributed by atoms with Crippen LogP contribution in [0, 0.1) is 5.82 Å². The Morgan fingerprint density at radius 2 is 2.05 bits per heavy atom. The number of esters is 1. The quantitative estimate of drug-likeness (QED) is 0.661. The van der Waals surface area contributed by atoms with Crippen molar-refractivity contribution in [3.63, 3.8) is 0 Å². The molecule has 2 aromatic rings. The van der Waals surface area contributed by atoms with Gasteiger partial charge in [-0.15, -0.1) is 0 Å². The molecule has 0 aliphatic rings. The third kappa shape index (κ3) is 3.49. The van der Waals surface area contributed by atoms with Gasteiger partial charge in [0, 0.05) is 10.0 Å². The van der Waals surface area contributed by atoms with E-state index in [4.69, 9.17) is 22.1 Å². The molecule has 6 heteroatoms. The Kier molecular flexibility index (Phi) is 4.62. The molecule has 0 saturated carbocycles. The van der Waals surface area contributed by atoms with Crippen molar-refractivity contribution in [2.24, 2.45) is 0 Å². The number of carbonyl (C=O) groups is 1. The zero-order valence-corrected chi connectivity index (χ0v) is 12.5. The molecular weight excluding hydrogens is 349 g/mol. The Labute approximate surface area is 128 Å². The van der Waals surface area contributed by atoms with Crippen molar-refractivity contribution in [2.45, 2.75) is 6.61 Å². The second-order valence-corrected chi connectivity index (χ2v) is 5.31. The van der Waals surface area contributed by atoms with Crippen molar-refractivity contribution >= 4 is 39.2 Å². The van der Waals surface area contributed by atoms with E-state index >= 15 is 0 Å². The molecule has 104 valence electrons. The molecule has 0 radical (unpaired) electrons. The summed E-state index contributed by atoms with van der Waals surface area (Å²) >= 11 is 9.04. The standard InChI is InChI=1S/C14H10BrClFNO2/c15-11-6-10(17)3-1-9(11)7-20-14(19)8-2-4-13(18)12(16)5-8/h1-6H,7,18H2. The van der Waals surface area contributed by atoms with Crippen LogP contribution in [0.4, 0.5) is 10.1 Å². The van der Waals surface area contributed by atoms with E-state index in [2.05, 4.69) is 15.9 Å². The predicted octanol–water partition coefficient (Wildman–Crippen LogP) is 4.18. The van der Waals surface area contributed by atoms with Crippen LogP contribution in [0.2, 0.25) is 5.02 Å². The highest BCUT2D eigenvalue weighted by atomic mass is 79.9. The molecular formula is C14H10BrClFNO2. The molecule has 2 N–H and O–H groups in total. The van der Waals surface area contributed by atoms with Crippen LogP contribution in [0.5, 0.6) is 0 Å². The van der Waals surface area contributed by atoms with Crippen LogP contribution >= 0.6 is 27.5 Å². The fourth-order valence-electron chi connectivity index (χ4n) is 1.52. The van der Waals surface area contributed by atoms with Gasteiger partial charge in [-0.2, -0.15) is 0 Å². The minimum Gasteiger partial charge on any atom is -0.457 e. The van der Waals surface area contributed by atoms with Crippen molar-refractivity contribution in [1.82, 2.24) is 0 Å². The number of carbonyl (C=O) groups excluding carboxylic acids is 1. The number of hydrogen-bond donors (Lipinski definition) is 1. The molecule has 0 amide bonds. The summed E-state index contributed by atoms with van der Waals surface area (Å²) in [4.78, 5) is 11.8. The molecule has 0 fully saturated rings. The topological polar surface area (TPSA) is 52.3 Å². The molecule has 3 nitrogen and oxygen atoms in total. The number of nitrogens with two attached hydrogens (primary N) is 1. The maximum absolute atomic E-state index is 12.9. The van der Waals surface area contributed by atoms with E-state index in [0.717, 1.165) is 0 Å². The maximum Gasteiger partial charge on any atom is 0.338 e. The first-order chi connectivity index (χ1) is 9.47. The van der Waals surface area contributed by atoms with Crippen LogP contribution < -0.4 is 5.73 Å². The fraction of sp³-hybridized carbons (Fsp3) is 0.0714. The van der Waals surface area contributed by atoms with Crippen LogP contribution in [0.3, 0.4) is 0 Å². The zero-order chi connectivity index (χ0) is 14.7. The van der Waals surface area contributed by atoms with E-state index < -0.39 is 5.97 Å². The van der Waals surface area contributed by atoms with E-state index in [9.17, 15) is 9.18 Å². The van der Waals surface area contributed by atoms with Crippen LogP contribution in [-0.2, 0) is 11.3 Å². The molecule has 0 unspecified atom stereocenters. The minimum absolute atomic E-state index is 0.0295. The summed E-state index contributed by atoms with van der Waals surface area (Å²) in [6.07, 6.45) is 0. The van der Waals surface area contributed by atoms with Gasteiger partial charge in [0.05, 0.1) is 16.3 Å². The summed E-state index contributed by atoms with van der Waals surface area (Å²) in [5.74, 6) is -0.889. The van der Waals surface area contributed by atoms with Gasteiger partial charge >= 0.3 is 5.97 Å². The third-order valence-corrected chi connectivity index (χ3v) is 3.68. The van der Waals surface area contributed by atoms with Gasteiger partial charge in [-0.05, 0) is 30.3 Å². The SMILES string of the molecule is Nc1ccc(C(=O)OCc2ccc(F)cc2Br)cc1Cl. The van der Waals surface area contributed by atoms with Crippen LogP contribution in [0.1, 0.15) is 15.9 Å². The molecule has 0 aliphatic carbocycles. The van der Waals surface area contributed by atoms with E-state index in [1.165, 1.54) is 30.3 Å². The number of benzene rings is 2. The maximum atomic E-state index is 12.9. The lowest BCUT2D eigenvalue weighted by molar-refractivity contribution is 0.0472. The predicted molar refractivity (Wildman–Crippen MR) is 79.1 cm³/mol. The number of anilines is 1. The second kappa shape index (κ2) is 6.24. The van der Waals surface area contributed by atoms with Gasteiger partial charge < -0.3 is 10.5 Å². The van der Waals surface area contributed by atoms with E-state index in [1.807, 2.05) is 0 Å². The Hall–Kier alpha value is -1.59. The second-order valence-electron chi connectivity index (χ2n) is 4.05. The first-order valence-corrected chi connectivity index (χ1v) is 6.80. The Morgan fingerprint density at radius 1 is 1.30 bits per heavy atom. The number of rotatable bonds is 3. The van der Waals surface area contributed by atoms with Gasteiger partial charge in [-0.3, -0.25) is 0 Å². The zero-order valence-electron chi connectivity index (χ0n) is 10.2. The van der Waals surface area contributed by atoms with Crippen molar-refractivity contribution in [2.75, 3.05) is 5.73 Å². The van der Waals surface area contributed by atoms with Crippen LogP contribution in [0.25, 0.3) is 0 Å². The van der Waals surface area contributed by atoms with E-state index in [0.29, 0.717) is 26.3 Å². The normalized spacial score (nSPS) is 10.3. The molecule has 20 heavy (non-hydrogen) atoms. The lowest BCUT2D eigenvalue weighted by Gasteiger charge is -2.07. The van der Waals surface area contributed by atoms with Crippen LogP contribution in [-0.4, -0.2) is 5.97 Å². The van der Waals surface area contributed by atoms with Gasteiger partial charge in [0.25, 0.3) is 0 Å². The largest absolute Gasteiger partial charge is 0.457 e. The van der Waals surface area contributed by atoms with E-state index in [1.54, 1.807) is 6.07 Å². The van der Waals surface area contributed by atoms with Crippen molar-refractivity contribution in [1.29, 1.82) is 0 Å². The van der Waals surface area contributed by atoms with Crippen molar-refractivity contribution < 1.29 is 13.9 Å². The van der Waals surface area contributed by atoms with Gasteiger partial charge in [0.2, 0.25) is 0 Å². The summed E-state index contributed by atoms with van der Waals surface area (Å²) < 4.78 is 18.6. The number of nitrogen functional groups attached to an aromatic ring is 1. The molecule has 0 heterocycles. The smallest absolute Gasteiger partial charge is 0.338 e. The molecule has 0 spiro atoms. The fourth-order valence-corrected chi connectivity index (χ4v) is 2.17. The van der Waals surface area contributed by atoms with Gasteiger partial charge in [-0.25, -0.2) is 9.18 Å². The van der Waals surface area contributed by atoms with Crippen molar-refractivity contribution in [3.8, 4) is 0 Å². The monoisotopic (exact) mass is 357 g/mol. The lowest BCUT2D eigenvalue weighted by Crippen LogP contribution is -2.06. The minimum atomic E-state index is -0.525. The highest BCUT2D eigenvalue weighted by Crippen LogP contribution is 2.22. The Morgan fingerprint density at radius 3 is 2.70 bits per heavy atom. The molecule has 0 aromatic heterocycles. The first kappa shape index (κ1) is 14.8. The molecule has 0 atom stereocenters. The molecule has 2 rings (SSSR count). The number of ether oxygens (including phenoxy) is 1. The van der Waals surface area contributed by atoms with Gasteiger partial charge in [0.15, 0.2) is 0 Å². The molecule has 0 bridgehead atoms. The molecule has 0 aliphatic heterocycles. The molecule has 0 saturated heterocycles.